The fourth-order valence-electron chi connectivity index (χ4n) is 3.27. The van der Waals surface area contributed by atoms with E-state index < -0.39 is 17.3 Å². The SMILES string of the molecule is CCCC[S@+]([O-])c1sc2nc(-c3cccs3)cc(-c3ccccc3)c2c1NC(=O)OC. The summed E-state index contributed by atoms with van der Waals surface area (Å²) in [6, 6.07) is 16.1. The first-order chi connectivity index (χ1) is 15.1. The number of anilines is 1. The monoisotopic (exact) mass is 470 g/mol. The van der Waals surface area contributed by atoms with E-state index in [0.29, 0.717) is 15.6 Å². The van der Waals surface area contributed by atoms with Gasteiger partial charge >= 0.3 is 6.09 Å². The maximum Gasteiger partial charge on any atom is 0.411 e. The number of carbonyl (C=O) groups is 1. The molecule has 31 heavy (non-hydrogen) atoms. The predicted molar refractivity (Wildman–Crippen MR) is 131 cm³/mol. The number of ether oxygens (including phenoxy) is 1. The second-order valence-corrected chi connectivity index (χ2v) is 10.6. The number of methoxy groups -OCH3 is 1. The lowest BCUT2D eigenvalue weighted by molar-refractivity contribution is 0.187. The van der Waals surface area contributed by atoms with Crippen molar-refractivity contribution in [2.45, 2.75) is 24.0 Å². The Labute approximate surface area is 192 Å². The summed E-state index contributed by atoms with van der Waals surface area (Å²) in [7, 11) is 1.32. The highest BCUT2D eigenvalue weighted by Crippen LogP contribution is 2.45. The van der Waals surface area contributed by atoms with Gasteiger partial charge in [0, 0.05) is 5.39 Å². The molecule has 0 aliphatic carbocycles. The molecule has 4 rings (SSSR count). The van der Waals surface area contributed by atoms with Crippen molar-refractivity contribution in [3.05, 3.63) is 53.9 Å². The number of benzene rings is 1. The summed E-state index contributed by atoms with van der Waals surface area (Å²) in [5.74, 6) is 0.539. The lowest BCUT2D eigenvalue weighted by Crippen LogP contribution is -2.14. The summed E-state index contributed by atoms with van der Waals surface area (Å²) in [6.45, 7) is 2.07. The van der Waals surface area contributed by atoms with Crippen LogP contribution in [0.2, 0.25) is 0 Å². The van der Waals surface area contributed by atoms with Crippen LogP contribution in [0.25, 0.3) is 31.9 Å². The predicted octanol–water partition coefficient (Wildman–Crippen LogP) is 6.78. The molecule has 0 unspecified atom stereocenters. The Morgan fingerprint density at radius 2 is 2.03 bits per heavy atom. The number of hydrogen-bond donors (Lipinski definition) is 1. The van der Waals surface area contributed by atoms with E-state index in [9.17, 15) is 9.35 Å². The molecule has 8 heteroatoms. The lowest BCUT2D eigenvalue weighted by Gasteiger charge is -2.12. The Hall–Kier alpha value is -2.39. The van der Waals surface area contributed by atoms with E-state index >= 15 is 0 Å². The second-order valence-electron chi connectivity index (χ2n) is 6.86. The minimum atomic E-state index is -1.24. The molecule has 0 fully saturated rings. The molecular weight excluding hydrogens is 448 g/mol. The fraction of sp³-hybridized carbons (Fsp3) is 0.217. The maximum absolute atomic E-state index is 13.1. The molecule has 1 atom stereocenters. The molecule has 0 spiro atoms. The van der Waals surface area contributed by atoms with Crippen LogP contribution in [0, 0.1) is 0 Å². The molecule has 0 saturated carbocycles. The van der Waals surface area contributed by atoms with Crippen LogP contribution in [0.5, 0.6) is 0 Å². The van der Waals surface area contributed by atoms with Gasteiger partial charge in [-0.15, -0.1) is 11.3 Å². The topological polar surface area (TPSA) is 74.3 Å². The van der Waals surface area contributed by atoms with Crippen LogP contribution in [0.15, 0.2) is 58.1 Å². The molecule has 0 aliphatic heterocycles. The number of thiophene rings is 2. The molecule has 1 N–H and O–H groups in total. The molecule has 5 nitrogen and oxygen atoms in total. The highest BCUT2D eigenvalue weighted by atomic mass is 32.2. The van der Waals surface area contributed by atoms with Crippen LogP contribution in [0.1, 0.15) is 19.8 Å². The average molecular weight is 471 g/mol. The number of fused-ring (bicyclic) bond motifs is 1. The molecule has 0 bridgehead atoms. The molecule has 1 amide bonds. The Morgan fingerprint density at radius 1 is 1.23 bits per heavy atom. The van der Waals surface area contributed by atoms with Gasteiger partial charge < -0.3 is 9.29 Å². The van der Waals surface area contributed by atoms with Crippen molar-refractivity contribution in [2.24, 2.45) is 0 Å². The molecule has 0 aliphatic rings. The van der Waals surface area contributed by atoms with Crippen molar-refractivity contribution >= 4 is 55.8 Å². The third-order valence-electron chi connectivity index (χ3n) is 4.79. The number of pyridine rings is 1. The molecule has 3 heterocycles. The third-order valence-corrected chi connectivity index (χ3v) is 8.65. The summed E-state index contributed by atoms with van der Waals surface area (Å²) in [5.41, 5.74) is 3.34. The summed E-state index contributed by atoms with van der Waals surface area (Å²) in [4.78, 5) is 18.9. The first-order valence-electron chi connectivity index (χ1n) is 9.92. The fourth-order valence-corrected chi connectivity index (χ4v) is 6.82. The van der Waals surface area contributed by atoms with Gasteiger partial charge in [-0.2, -0.15) is 0 Å². The number of hydrogen-bond acceptors (Lipinski definition) is 6. The normalized spacial score (nSPS) is 12.1. The molecule has 1 aromatic carbocycles. The van der Waals surface area contributed by atoms with Crippen LogP contribution in [-0.4, -0.2) is 28.5 Å². The number of carbonyl (C=O) groups excluding carboxylic acids is 1. The summed E-state index contributed by atoms with van der Waals surface area (Å²) < 4.78 is 18.6. The van der Waals surface area contributed by atoms with E-state index in [2.05, 4.69) is 12.2 Å². The number of rotatable bonds is 7. The van der Waals surface area contributed by atoms with Gasteiger partial charge in [0.2, 0.25) is 4.21 Å². The van der Waals surface area contributed by atoms with Crippen molar-refractivity contribution in [1.29, 1.82) is 0 Å². The standard InChI is InChI=1S/C23H22N2O3S3/c1-3-4-13-31(27)22-20(25-23(26)28-2)19-16(15-9-6-5-7-10-15)14-17(24-21(19)30-22)18-11-8-12-29-18/h5-12,14H,3-4,13H2,1-2H3,(H,25,26)/t31-/m0/s1. The molecule has 160 valence electrons. The van der Waals surface area contributed by atoms with E-state index in [1.165, 1.54) is 18.4 Å². The van der Waals surface area contributed by atoms with Crippen molar-refractivity contribution < 1.29 is 14.1 Å². The summed E-state index contributed by atoms with van der Waals surface area (Å²) in [5, 5.41) is 5.64. The molecule has 3 aromatic heterocycles. The third kappa shape index (κ3) is 4.62. The average Bonchev–Trinajstić information content (AvgIpc) is 3.46. The van der Waals surface area contributed by atoms with Crippen LogP contribution in [0.4, 0.5) is 10.5 Å². The maximum atomic E-state index is 13.1. The Bertz CT molecular complexity index is 1170. The Balaban J connectivity index is 1.98. The number of nitrogens with zero attached hydrogens (tertiary/aromatic N) is 1. The van der Waals surface area contributed by atoms with Gasteiger partial charge in [-0.3, -0.25) is 5.32 Å². The lowest BCUT2D eigenvalue weighted by atomic mass is 10.0. The van der Waals surface area contributed by atoms with E-state index in [1.54, 1.807) is 11.3 Å². The van der Waals surface area contributed by atoms with Crippen molar-refractivity contribution in [3.8, 4) is 21.7 Å². The second kappa shape index (κ2) is 9.82. The molecule has 0 saturated heterocycles. The minimum absolute atomic E-state index is 0.533. The van der Waals surface area contributed by atoms with E-state index in [0.717, 1.165) is 44.8 Å². The molecule has 0 radical (unpaired) electrons. The van der Waals surface area contributed by atoms with Crippen molar-refractivity contribution in [1.82, 2.24) is 4.98 Å². The van der Waals surface area contributed by atoms with Crippen molar-refractivity contribution in [3.63, 3.8) is 0 Å². The summed E-state index contributed by atoms with van der Waals surface area (Å²) >= 11 is 1.76. The highest BCUT2D eigenvalue weighted by molar-refractivity contribution is 7.93. The van der Waals surface area contributed by atoms with Gasteiger partial charge in [0.1, 0.15) is 16.3 Å². The van der Waals surface area contributed by atoms with Crippen LogP contribution < -0.4 is 5.32 Å². The first kappa shape index (κ1) is 21.8. The quantitative estimate of drug-likeness (QED) is 0.302. The van der Waals surface area contributed by atoms with Crippen LogP contribution in [0.3, 0.4) is 0 Å². The van der Waals surface area contributed by atoms with E-state index in [-0.39, 0.29) is 0 Å². The Morgan fingerprint density at radius 3 is 2.71 bits per heavy atom. The van der Waals surface area contributed by atoms with Gasteiger partial charge in [-0.1, -0.05) is 61.1 Å². The van der Waals surface area contributed by atoms with Crippen LogP contribution in [-0.2, 0) is 15.9 Å². The zero-order valence-electron chi connectivity index (χ0n) is 17.2. The van der Waals surface area contributed by atoms with Gasteiger partial charge in [0.15, 0.2) is 0 Å². The smallest absolute Gasteiger partial charge is 0.411 e. The van der Waals surface area contributed by atoms with Crippen LogP contribution >= 0.6 is 22.7 Å². The highest BCUT2D eigenvalue weighted by Gasteiger charge is 2.28. The van der Waals surface area contributed by atoms with Gasteiger partial charge in [0.05, 0.1) is 17.7 Å². The minimum Gasteiger partial charge on any atom is -0.611 e. The largest absolute Gasteiger partial charge is 0.611 e. The Kier molecular flexibility index (Phi) is 6.92. The summed E-state index contributed by atoms with van der Waals surface area (Å²) in [6.07, 6.45) is 1.21. The first-order valence-corrected chi connectivity index (χ1v) is 12.9. The number of unbranched alkanes of at least 4 members (excludes halogenated alkanes) is 1. The molecule has 4 aromatic rings. The van der Waals surface area contributed by atoms with Crippen molar-refractivity contribution in [2.75, 3.05) is 18.2 Å². The van der Waals surface area contributed by atoms with Gasteiger partial charge in [-0.05, 0) is 46.2 Å². The van der Waals surface area contributed by atoms with Gasteiger partial charge in [0.25, 0.3) is 0 Å². The zero-order valence-corrected chi connectivity index (χ0v) is 19.7. The van der Waals surface area contributed by atoms with E-state index in [1.807, 2.05) is 53.9 Å². The van der Waals surface area contributed by atoms with E-state index in [4.69, 9.17) is 9.72 Å². The number of amides is 1. The molecular formula is C23H22N2O3S3. The van der Waals surface area contributed by atoms with Gasteiger partial charge in [-0.25, -0.2) is 9.78 Å². The zero-order chi connectivity index (χ0) is 21.8. The number of aromatic nitrogens is 1. The number of nitrogens with one attached hydrogen (secondary N) is 1.